The summed E-state index contributed by atoms with van der Waals surface area (Å²) in [7, 11) is 1.53. The SMILES string of the molecule is CCNc1ncnc(Nc2ccccc2OC)c1[N+](=O)[O-]. The Morgan fingerprint density at radius 3 is 2.67 bits per heavy atom. The van der Waals surface area contributed by atoms with Gasteiger partial charge in [0.15, 0.2) is 0 Å². The minimum Gasteiger partial charge on any atom is -0.495 e. The first-order chi connectivity index (χ1) is 10.2. The van der Waals surface area contributed by atoms with Crippen LogP contribution in [0.2, 0.25) is 0 Å². The minimum absolute atomic E-state index is 0.107. The van der Waals surface area contributed by atoms with Crippen LogP contribution in [0.5, 0.6) is 5.75 Å². The average molecular weight is 289 g/mol. The molecular formula is C13H15N5O3. The van der Waals surface area contributed by atoms with Crippen molar-refractivity contribution in [2.45, 2.75) is 6.92 Å². The highest BCUT2D eigenvalue weighted by atomic mass is 16.6. The van der Waals surface area contributed by atoms with Crippen molar-refractivity contribution in [3.05, 3.63) is 40.7 Å². The molecule has 0 saturated heterocycles. The van der Waals surface area contributed by atoms with Crippen molar-refractivity contribution in [2.75, 3.05) is 24.3 Å². The number of hydrogen-bond donors (Lipinski definition) is 2. The number of methoxy groups -OCH3 is 1. The molecule has 2 rings (SSSR count). The molecule has 0 bridgehead atoms. The molecule has 0 aliphatic rings. The van der Waals surface area contributed by atoms with E-state index in [4.69, 9.17) is 4.74 Å². The van der Waals surface area contributed by atoms with Gasteiger partial charge in [0.25, 0.3) is 0 Å². The van der Waals surface area contributed by atoms with Gasteiger partial charge in [0.1, 0.15) is 12.1 Å². The Morgan fingerprint density at radius 1 is 1.29 bits per heavy atom. The summed E-state index contributed by atoms with van der Waals surface area (Å²) >= 11 is 0. The molecule has 0 amide bonds. The molecule has 0 aliphatic heterocycles. The summed E-state index contributed by atoms with van der Waals surface area (Å²) in [5.74, 6) is 0.848. The van der Waals surface area contributed by atoms with Crippen LogP contribution in [0, 0.1) is 10.1 Å². The van der Waals surface area contributed by atoms with Crippen LogP contribution in [0.1, 0.15) is 6.92 Å². The molecule has 2 N–H and O–H groups in total. The lowest BCUT2D eigenvalue weighted by molar-refractivity contribution is -0.383. The highest BCUT2D eigenvalue weighted by Crippen LogP contribution is 2.33. The van der Waals surface area contributed by atoms with Crippen LogP contribution in [0.3, 0.4) is 0 Å². The molecule has 0 unspecified atom stereocenters. The second-order valence-electron chi connectivity index (χ2n) is 4.03. The Hall–Kier alpha value is -2.90. The van der Waals surface area contributed by atoms with E-state index in [0.717, 1.165) is 0 Å². The number of aromatic nitrogens is 2. The Kier molecular flexibility index (Phi) is 4.50. The number of nitro groups is 1. The van der Waals surface area contributed by atoms with Crippen molar-refractivity contribution >= 4 is 23.0 Å². The number of nitrogens with one attached hydrogen (secondary N) is 2. The first-order valence-electron chi connectivity index (χ1n) is 6.30. The summed E-state index contributed by atoms with van der Waals surface area (Å²) in [6, 6.07) is 7.10. The lowest BCUT2D eigenvalue weighted by Gasteiger charge is -2.11. The summed E-state index contributed by atoms with van der Waals surface area (Å²) in [6.45, 7) is 2.35. The number of para-hydroxylation sites is 2. The smallest absolute Gasteiger partial charge is 0.353 e. The van der Waals surface area contributed by atoms with Gasteiger partial charge in [-0.3, -0.25) is 10.1 Å². The number of rotatable bonds is 6. The number of hydrogen-bond acceptors (Lipinski definition) is 7. The summed E-state index contributed by atoms with van der Waals surface area (Å²) in [4.78, 5) is 18.6. The van der Waals surface area contributed by atoms with E-state index in [1.54, 1.807) is 18.2 Å². The monoisotopic (exact) mass is 289 g/mol. The van der Waals surface area contributed by atoms with Crippen molar-refractivity contribution in [1.82, 2.24) is 9.97 Å². The van der Waals surface area contributed by atoms with E-state index in [-0.39, 0.29) is 17.3 Å². The third kappa shape index (κ3) is 3.16. The summed E-state index contributed by atoms with van der Waals surface area (Å²) < 4.78 is 5.20. The van der Waals surface area contributed by atoms with E-state index in [1.165, 1.54) is 13.4 Å². The van der Waals surface area contributed by atoms with Crippen molar-refractivity contribution in [3.8, 4) is 5.75 Å². The van der Waals surface area contributed by atoms with Gasteiger partial charge in [-0.25, -0.2) is 9.97 Å². The van der Waals surface area contributed by atoms with E-state index in [1.807, 2.05) is 13.0 Å². The third-order valence-electron chi connectivity index (χ3n) is 2.71. The van der Waals surface area contributed by atoms with Crippen LogP contribution in [0.4, 0.5) is 23.0 Å². The maximum absolute atomic E-state index is 11.3. The largest absolute Gasteiger partial charge is 0.495 e. The number of anilines is 3. The first kappa shape index (κ1) is 14.5. The highest BCUT2D eigenvalue weighted by Gasteiger charge is 2.23. The third-order valence-corrected chi connectivity index (χ3v) is 2.71. The zero-order valence-electron chi connectivity index (χ0n) is 11.7. The molecule has 0 aliphatic carbocycles. The summed E-state index contributed by atoms with van der Waals surface area (Å²) in [5.41, 5.74) is 0.384. The quantitative estimate of drug-likeness (QED) is 0.622. The Balaban J connectivity index is 2.44. The van der Waals surface area contributed by atoms with E-state index >= 15 is 0 Å². The van der Waals surface area contributed by atoms with Gasteiger partial charge in [0.2, 0.25) is 11.6 Å². The fourth-order valence-electron chi connectivity index (χ4n) is 1.82. The highest BCUT2D eigenvalue weighted by molar-refractivity contribution is 5.75. The molecule has 1 aromatic heterocycles. The molecule has 1 aromatic carbocycles. The molecule has 2 aromatic rings. The van der Waals surface area contributed by atoms with Gasteiger partial charge in [0.05, 0.1) is 17.7 Å². The zero-order valence-corrected chi connectivity index (χ0v) is 11.7. The predicted octanol–water partition coefficient (Wildman–Crippen LogP) is 2.57. The number of nitrogens with zero attached hydrogens (tertiary/aromatic N) is 3. The molecule has 8 heteroatoms. The van der Waals surface area contributed by atoms with E-state index in [2.05, 4.69) is 20.6 Å². The van der Waals surface area contributed by atoms with E-state index in [9.17, 15) is 10.1 Å². The Labute approximate surface area is 121 Å². The van der Waals surface area contributed by atoms with Gasteiger partial charge in [-0.15, -0.1) is 0 Å². The van der Waals surface area contributed by atoms with Crippen molar-refractivity contribution in [3.63, 3.8) is 0 Å². The molecule has 0 fully saturated rings. The normalized spacial score (nSPS) is 10.0. The minimum atomic E-state index is -0.518. The molecule has 110 valence electrons. The van der Waals surface area contributed by atoms with Gasteiger partial charge < -0.3 is 15.4 Å². The summed E-state index contributed by atoms with van der Waals surface area (Å²) in [5, 5.41) is 17.0. The van der Waals surface area contributed by atoms with Crippen molar-refractivity contribution in [2.24, 2.45) is 0 Å². The Morgan fingerprint density at radius 2 is 2.00 bits per heavy atom. The lowest BCUT2D eigenvalue weighted by Crippen LogP contribution is -2.08. The lowest BCUT2D eigenvalue weighted by atomic mass is 10.3. The topological polar surface area (TPSA) is 102 Å². The second-order valence-corrected chi connectivity index (χ2v) is 4.03. The van der Waals surface area contributed by atoms with Crippen LogP contribution in [0.15, 0.2) is 30.6 Å². The van der Waals surface area contributed by atoms with Crippen LogP contribution in [-0.4, -0.2) is 28.5 Å². The fraction of sp³-hybridized carbons (Fsp3) is 0.231. The summed E-state index contributed by atoms with van der Waals surface area (Å²) in [6.07, 6.45) is 1.27. The molecular weight excluding hydrogens is 274 g/mol. The van der Waals surface area contributed by atoms with Crippen LogP contribution in [0.25, 0.3) is 0 Å². The fourth-order valence-corrected chi connectivity index (χ4v) is 1.82. The average Bonchev–Trinajstić information content (AvgIpc) is 2.48. The van der Waals surface area contributed by atoms with Crippen LogP contribution >= 0.6 is 0 Å². The van der Waals surface area contributed by atoms with Crippen molar-refractivity contribution < 1.29 is 9.66 Å². The molecule has 8 nitrogen and oxygen atoms in total. The molecule has 0 atom stereocenters. The van der Waals surface area contributed by atoms with Crippen LogP contribution < -0.4 is 15.4 Å². The van der Waals surface area contributed by atoms with Crippen molar-refractivity contribution in [1.29, 1.82) is 0 Å². The molecule has 1 heterocycles. The maximum Gasteiger partial charge on any atom is 0.353 e. The maximum atomic E-state index is 11.3. The van der Waals surface area contributed by atoms with Gasteiger partial charge >= 0.3 is 5.69 Å². The molecule has 0 saturated carbocycles. The van der Waals surface area contributed by atoms with E-state index in [0.29, 0.717) is 18.0 Å². The van der Waals surface area contributed by atoms with Gasteiger partial charge in [-0.2, -0.15) is 0 Å². The van der Waals surface area contributed by atoms with Gasteiger partial charge in [0, 0.05) is 6.54 Å². The zero-order chi connectivity index (χ0) is 15.2. The number of benzene rings is 1. The molecule has 0 spiro atoms. The molecule has 0 radical (unpaired) electrons. The van der Waals surface area contributed by atoms with E-state index < -0.39 is 4.92 Å². The molecule has 21 heavy (non-hydrogen) atoms. The van der Waals surface area contributed by atoms with Gasteiger partial charge in [-0.05, 0) is 19.1 Å². The Bertz CT molecular complexity index is 647. The second kappa shape index (κ2) is 6.51. The van der Waals surface area contributed by atoms with Crippen LogP contribution in [-0.2, 0) is 0 Å². The first-order valence-corrected chi connectivity index (χ1v) is 6.30. The number of ether oxygens (including phenoxy) is 1. The standard InChI is InChI=1S/C13H15N5O3/c1-3-14-12-11(18(19)20)13(16-8-15-12)17-9-6-4-5-7-10(9)21-2/h4-8H,3H2,1-2H3,(H2,14,15,16,17). The van der Waals surface area contributed by atoms with Gasteiger partial charge in [-0.1, -0.05) is 12.1 Å². The predicted molar refractivity (Wildman–Crippen MR) is 79.1 cm³/mol.